The maximum Gasteiger partial charge on any atom is 0.338 e. The highest BCUT2D eigenvalue weighted by Gasteiger charge is 2.35. The van der Waals surface area contributed by atoms with Gasteiger partial charge in [-0.2, -0.15) is 0 Å². The summed E-state index contributed by atoms with van der Waals surface area (Å²) in [6.45, 7) is 1.78. The van der Waals surface area contributed by atoms with Gasteiger partial charge in [0.1, 0.15) is 5.82 Å². The van der Waals surface area contributed by atoms with Gasteiger partial charge in [0, 0.05) is 11.6 Å². The molecule has 2 heterocycles. The maximum absolute atomic E-state index is 13.9. The average molecular weight is 560 g/mol. The summed E-state index contributed by atoms with van der Waals surface area (Å²) in [5, 5.41) is 11.5. The lowest BCUT2D eigenvalue weighted by molar-refractivity contribution is -0.385. The van der Waals surface area contributed by atoms with Crippen molar-refractivity contribution in [3.8, 4) is 5.75 Å². The van der Waals surface area contributed by atoms with Gasteiger partial charge in [0.2, 0.25) is 0 Å². The molecule has 3 aromatic carbocycles. The minimum Gasteiger partial charge on any atom is -0.490 e. The van der Waals surface area contributed by atoms with Crippen molar-refractivity contribution >= 4 is 34.8 Å². The number of methoxy groups -OCH3 is 1. The predicted molar refractivity (Wildman–Crippen MR) is 147 cm³/mol. The van der Waals surface area contributed by atoms with Gasteiger partial charge in [-0.3, -0.25) is 19.5 Å². The molecule has 1 atom stereocenters. The Morgan fingerprint density at radius 2 is 1.88 bits per heavy atom. The molecule has 9 nitrogen and oxygen atoms in total. The van der Waals surface area contributed by atoms with E-state index >= 15 is 0 Å². The molecule has 11 heteroatoms. The van der Waals surface area contributed by atoms with Crippen LogP contribution in [0.25, 0.3) is 11.8 Å². The number of aromatic nitrogens is 1. The molecule has 0 N–H and O–H groups in total. The van der Waals surface area contributed by atoms with Gasteiger partial charge in [-0.1, -0.05) is 59.9 Å². The molecule has 0 fully saturated rings. The molecule has 0 spiro atoms. The number of hydrogen-bond donors (Lipinski definition) is 0. The molecular weight excluding hydrogens is 537 g/mol. The monoisotopic (exact) mass is 559 g/mol. The summed E-state index contributed by atoms with van der Waals surface area (Å²) < 4.78 is 26.0. The first kappa shape index (κ1) is 26.7. The molecule has 0 amide bonds. The highest BCUT2D eigenvalue weighted by atomic mass is 32.1. The highest BCUT2D eigenvalue weighted by Crippen LogP contribution is 2.35. The first-order valence-electron chi connectivity index (χ1n) is 12.2. The van der Waals surface area contributed by atoms with Gasteiger partial charge in [0.05, 0.1) is 40.5 Å². The molecule has 1 aliphatic rings. The summed E-state index contributed by atoms with van der Waals surface area (Å²) in [6, 6.07) is 18.0. The van der Waals surface area contributed by atoms with Crippen molar-refractivity contribution in [2.45, 2.75) is 13.0 Å². The molecule has 0 bridgehead atoms. The molecule has 202 valence electrons. The second kappa shape index (κ2) is 11.1. The van der Waals surface area contributed by atoms with E-state index in [0.717, 1.165) is 11.3 Å². The molecular formula is C29H22FN3O6S. The number of carbonyl (C=O) groups is 1. The van der Waals surface area contributed by atoms with Crippen LogP contribution in [0.3, 0.4) is 0 Å². The second-order valence-electron chi connectivity index (χ2n) is 8.67. The fraction of sp³-hybridized carbons (Fsp3) is 0.138. The van der Waals surface area contributed by atoms with Gasteiger partial charge in [-0.05, 0) is 42.3 Å². The van der Waals surface area contributed by atoms with Crippen LogP contribution in [0.5, 0.6) is 5.75 Å². The lowest BCUT2D eigenvalue weighted by Gasteiger charge is -2.25. The quantitative estimate of drug-likeness (QED) is 0.192. The van der Waals surface area contributed by atoms with Crippen LogP contribution in [-0.4, -0.2) is 29.2 Å². The molecule has 0 saturated heterocycles. The number of thiazole rings is 1. The Morgan fingerprint density at radius 1 is 1.15 bits per heavy atom. The Labute approximate surface area is 230 Å². The standard InChI is InChI=1S/C29H22FN3O6S/c1-3-39-28(35)24-25(18-7-5-4-6-8-18)31-29-32(26(24)19-10-12-20(30)13-11-19)27(34)23(40-29)16-17-9-14-22(38-2)21(15-17)33(36)37/h4-16,26H,3H2,1-2H3/b23-16-/t26-/m0/s1. The normalized spacial score (nSPS) is 14.9. The van der Waals surface area contributed by atoms with Gasteiger partial charge >= 0.3 is 11.7 Å². The van der Waals surface area contributed by atoms with Crippen molar-refractivity contribution in [1.82, 2.24) is 4.57 Å². The number of ether oxygens (including phenoxy) is 2. The van der Waals surface area contributed by atoms with E-state index in [0.29, 0.717) is 27.2 Å². The van der Waals surface area contributed by atoms with E-state index in [4.69, 9.17) is 14.5 Å². The SMILES string of the molecule is CCOC(=O)C1=C(c2ccccc2)N=c2s/c(=C\c3ccc(OC)c([N+](=O)[O-])c3)c(=O)n2[C@H]1c1ccc(F)cc1. The largest absolute Gasteiger partial charge is 0.490 e. The van der Waals surface area contributed by atoms with Crippen molar-refractivity contribution in [1.29, 1.82) is 0 Å². The predicted octanol–water partition coefficient (Wildman–Crippen LogP) is 3.99. The van der Waals surface area contributed by atoms with Crippen LogP contribution in [0.15, 0.2) is 88.2 Å². The minimum absolute atomic E-state index is 0.0894. The molecule has 0 unspecified atom stereocenters. The van der Waals surface area contributed by atoms with Crippen LogP contribution in [0.4, 0.5) is 10.1 Å². The zero-order valence-corrected chi connectivity index (χ0v) is 22.2. The molecule has 0 radical (unpaired) electrons. The van der Waals surface area contributed by atoms with Crippen LogP contribution in [-0.2, 0) is 9.53 Å². The van der Waals surface area contributed by atoms with E-state index in [1.54, 1.807) is 37.3 Å². The van der Waals surface area contributed by atoms with Crippen LogP contribution in [0, 0.1) is 15.9 Å². The van der Waals surface area contributed by atoms with Crippen molar-refractivity contribution in [3.63, 3.8) is 0 Å². The van der Waals surface area contributed by atoms with Crippen molar-refractivity contribution in [2.75, 3.05) is 13.7 Å². The van der Waals surface area contributed by atoms with Crippen LogP contribution < -0.4 is 19.6 Å². The van der Waals surface area contributed by atoms with Crippen molar-refractivity contribution in [3.05, 3.63) is 131 Å². The summed E-state index contributed by atoms with van der Waals surface area (Å²) in [4.78, 5) is 43.2. The average Bonchev–Trinajstić information content (AvgIpc) is 3.27. The van der Waals surface area contributed by atoms with Crippen molar-refractivity contribution in [2.24, 2.45) is 4.99 Å². The lowest BCUT2D eigenvalue weighted by Crippen LogP contribution is -2.40. The fourth-order valence-corrected chi connectivity index (χ4v) is 5.49. The smallest absolute Gasteiger partial charge is 0.338 e. The zero-order valence-electron chi connectivity index (χ0n) is 21.4. The number of carbonyl (C=O) groups excluding carboxylic acids is 1. The number of nitro groups is 1. The third-order valence-corrected chi connectivity index (χ3v) is 7.24. The second-order valence-corrected chi connectivity index (χ2v) is 9.68. The number of benzene rings is 3. The van der Waals surface area contributed by atoms with E-state index < -0.39 is 28.3 Å². The van der Waals surface area contributed by atoms with Crippen LogP contribution in [0.1, 0.15) is 29.7 Å². The number of halogens is 1. The first-order valence-corrected chi connectivity index (χ1v) is 13.0. The molecule has 1 aliphatic heterocycles. The minimum atomic E-state index is -0.960. The van der Waals surface area contributed by atoms with E-state index in [1.165, 1.54) is 54.2 Å². The van der Waals surface area contributed by atoms with Gasteiger partial charge < -0.3 is 9.47 Å². The molecule has 5 rings (SSSR count). The highest BCUT2D eigenvalue weighted by molar-refractivity contribution is 7.07. The Balaban J connectivity index is 1.80. The summed E-state index contributed by atoms with van der Waals surface area (Å²) in [5.41, 5.74) is 1.29. The van der Waals surface area contributed by atoms with E-state index in [2.05, 4.69) is 0 Å². The molecule has 1 aromatic heterocycles. The summed E-state index contributed by atoms with van der Waals surface area (Å²) in [7, 11) is 1.33. The van der Waals surface area contributed by atoms with E-state index in [-0.39, 0.29) is 28.1 Å². The maximum atomic E-state index is 13.9. The van der Waals surface area contributed by atoms with Gasteiger partial charge in [0.15, 0.2) is 10.6 Å². The summed E-state index contributed by atoms with van der Waals surface area (Å²) in [5.74, 6) is -1.03. The molecule has 4 aromatic rings. The number of hydrogen-bond acceptors (Lipinski definition) is 8. The van der Waals surface area contributed by atoms with Crippen molar-refractivity contribution < 1.29 is 23.6 Å². The van der Waals surface area contributed by atoms with Gasteiger partial charge in [-0.25, -0.2) is 14.2 Å². The molecule has 0 saturated carbocycles. The zero-order chi connectivity index (χ0) is 28.4. The number of nitro benzene ring substituents is 1. The topological polar surface area (TPSA) is 113 Å². The van der Waals surface area contributed by atoms with Crippen LogP contribution in [0.2, 0.25) is 0 Å². The third kappa shape index (κ3) is 4.94. The fourth-order valence-electron chi connectivity index (χ4n) is 4.49. The Morgan fingerprint density at radius 3 is 2.52 bits per heavy atom. The lowest BCUT2D eigenvalue weighted by atomic mass is 9.93. The first-order chi connectivity index (χ1) is 19.3. The Kier molecular flexibility index (Phi) is 7.39. The van der Waals surface area contributed by atoms with Gasteiger partial charge in [0.25, 0.3) is 5.56 Å². The molecule has 0 aliphatic carbocycles. The molecule has 40 heavy (non-hydrogen) atoms. The Hall–Kier alpha value is -4.90. The van der Waals surface area contributed by atoms with E-state index in [1.807, 2.05) is 6.07 Å². The summed E-state index contributed by atoms with van der Waals surface area (Å²) >= 11 is 1.07. The Bertz CT molecular complexity index is 1830. The number of rotatable bonds is 7. The number of nitrogens with zero attached hydrogens (tertiary/aromatic N) is 3. The third-order valence-electron chi connectivity index (χ3n) is 6.26. The van der Waals surface area contributed by atoms with Crippen LogP contribution >= 0.6 is 11.3 Å². The number of fused-ring (bicyclic) bond motifs is 1. The summed E-state index contributed by atoms with van der Waals surface area (Å²) in [6.07, 6.45) is 1.52. The van der Waals surface area contributed by atoms with E-state index in [9.17, 15) is 24.1 Å². The number of esters is 1. The van der Waals surface area contributed by atoms with Gasteiger partial charge in [-0.15, -0.1) is 0 Å².